The third-order valence-electron chi connectivity index (χ3n) is 10.2. The van der Waals surface area contributed by atoms with Crippen molar-refractivity contribution in [1.29, 1.82) is 0 Å². The molecule has 53 heavy (non-hydrogen) atoms. The number of allylic oxidation sites excluding steroid dienone is 4. The van der Waals surface area contributed by atoms with Gasteiger partial charge in [0.2, 0.25) is 0 Å². The SMILES string of the molecule is CCCCCCCC/C=C\CCCCCCCCOC(=O)CCCN(CCCO)CCCC(=O)OCCCCCCCC/C=C\CCCCCCCC. The molecular formula is C47H89NO5. The fourth-order valence-electron chi connectivity index (χ4n) is 6.74. The normalized spacial score (nSPS) is 11.8. The molecular weight excluding hydrogens is 659 g/mol. The number of nitrogens with zero attached hydrogens (tertiary/aromatic N) is 1. The molecule has 0 aromatic rings. The Balaban J connectivity index is 3.67. The van der Waals surface area contributed by atoms with Crippen LogP contribution in [0.15, 0.2) is 24.3 Å². The molecule has 0 aliphatic carbocycles. The Labute approximate surface area is 329 Å². The summed E-state index contributed by atoms with van der Waals surface area (Å²) in [6.45, 7) is 8.04. The summed E-state index contributed by atoms with van der Waals surface area (Å²) in [5.74, 6) is -0.232. The van der Waals surface area contributed by atoms with Crippen LogP contribution in [0, 0.1) is 0 Å². The predicted octanol–water partition coefficient (Wildman–Crippen LogP) is 13.4. The Kier molecular flexibility index (Phi) is 43.3. The van der Waals surface area contributed by atoms with E-state index < -0.39 is 0 Å². The van der Waals surface area contributed by atoms with E-state index in [1.165, 1.54) is 154 Å². The highest BCUT2D eigenvalue weighted by molar-refractivity contribution is 5.69. The van der Waals surface area contributed by atoms with Crippen molar-refractivity contribution in [2.24, 2.45) is 0 Å². The van der Waals surface area contributed by atoms with Crippen molar-refractivity contribution in [3.63, 3.8) is 0 Å². The summed E-state index contributed by atoms with van der Waals surface area (Å²) >= 11 is 0. The Morgan fingerprint density at radius 2 is 0.717 bits per heavy atom. The Hall–Kier alpha value is -1.66. The van der Waals surface area contributed by atoms with Crippen LogP contribution >= 0.6 is 0 Å². The fourth-order valence-corrected chi connectivity index (χ4v) is 6.74. The molecule has 0 radical (unpaired) electrons. The first-order valence-corrected chi connectivity index (χ1v) is 23.1. The topological polar surface area (TPSA) is 76.1 Å². The fraction of sp³-hybridized carbons (Fsp3) is 0.872. The van der Waals surface area contributed by atoms with Gasteiger partial charge in [-0.15, -0.1) is 0 Å². The number of aliphatic hydroxyl groups is 1. The summed E-state index contributed by atoms with van der Waals surface area (Å²) in [5.41, 5.74) is 0. The lowest BCUT2D eigenvalue weighted by Gasteiger charge is -2.21. The maximum Gasteiger partial charge on any atom is 0.305 e. The van der Waals surface area contributed by atoms with Gasteiger partial charge in [0.15, 0.2) is 0 Å². The van der Waals surface area contributed by atoms with Gasteiger partial charge < -0.3 is 19.5 Å². The molecule has 312 valence electrons. The molecule has 0 rings (SSSR count). The minimum absolute atomic E-state index is 0.116. The molecule has 0 aliphatic heterocycles. The predicted molar refractivity (Wildman–Crippen MR) is 227 cm³/mol. The van der Waals surface area contributed by atoms with E-state index in [9.17, 15) is 14.7 Å². The van der Waals surface area contributed by atoms with Gasteiger partial charge in [0.1, 0.15) is 0 Å². The zero-order valence-electron chi connectivity index (χ0n) is 35.4. The molecule has 0 amide bonds. The maximum absolute atomic E-state index is 12.2. The first-order valence-electron chi connectivity index (χ1n) is 23.1. The minimum Gasteiger partial charge on any atom is -0.466 e. The molecule has 1 N–H and O–H groups in total. The Morgan fingerprint density at radius 3 is 1.06 bits per heavy atom. The highest BCUT2D eigenvalue weighted by Crippen LogP contribution is 2.12. The summed E-state index contributed by atoms with van der Waals surface area (Å²) in [7, 11) is 0. The molecule has 0 saturated carbocycles. The molecule has 0 aromatic carbocycles. The van der Waals surface area contributed by atoms with Crippen molar-refractivity contribution in [2.75, 3.05) is 39.5 Å². The highest BCUT2D eigenvalue weighted by Gasteiger charge is 2.10. The second-order valence-electron chi connectivity index (χ2n) is 15.4. The average Bonchev–Trinajstić information content (AvgIpc) is 3.16. The molecule has 0 atom stereocenters. The number of carbonyl (C=O) groups excluding carboxylic acids is 2. The van der Waals surface area contributed by atoms with Crippen molar-refractivity contribution in [1.82, 2.24) is 4.90 Å². The minimum atomic E-state index is -0.116. The van der Waals surface area contributed by atoms with Gasteiger partial charge in [0, 0.05) is 26.0 Å². The molecule has 6 heteroatoms. The van der Waals surface area contributed by atoms with E-state index >= 15 is 0 Å². The molecule has 0 heterocycles. The van der Waals surface area contributed by atoms with Crippen molar-refractivity contribution < 1.29 is 24.2 Å². The second-order valence-corrected chi connectivity index (χ2v) is 15.4. The first kappa shape index (κ1) is 51.3. The van der Waals surface area contributed by atoms with E-state index in [0.717, 1.165) is 58.2 Å². The Bertz CT molecular complexity index is 751. The van der Waals surface area contributed by atoms with Crippen LogP contribution in [0.2, 0.25) is 0 Å². The van der Waals surface area contributed by atoms with Crippen LogP contribution < -0.4 is 0 Å². The number of hydrogen-bond acceptors (Lipinski definition) is 6. The third-order valence-corrected chi connectivity index (χ3v) is 10.2. The van der Waals surface area contributed by atoms with Crippen LogP contribution in [0.25, 0.3) is 0 Å². The smallest absolute Gasteiger partial charge is 0.305 e. The lowest BCUT2D eigenvalue weighted by Crippen LogP contribution is -2.29. The first-order chi connectivity index (χ1) is 26.1. The van der Waals surface area contributed by atoms with Gasteiger partial charge in [0.05, 0.1) is 13.2 Å². The number of rotatable bonds is 43. The van der Waals surface area contributed by atoms with E-state index in [1.54, 1.807) is 0 Å². The van der Waals surface area contributed by atoms with Crippen LogP contribution in [0.1, 0.15) is 226 Å². The number of hydrogen-bond donors (Lipinski definition) is 1. The molecule has 0 aliphatic rings. The van der Waals surface area contributed by atoms with E-state index in [-0.39, 0.29) is 18.5 Å². The van der Waals surface area contributed by atoms with Gasteiger partial charge >= 0.3 is 11.9 Å². The van der Waals surface area contributed by atoms with E-state index in [1.807, 2.05) is 0 Å². The number of carbonyl (C=O) groups is 2. The van der Waals surface area contributed by atoms with Gasteiger partial charge in [-0.25, -0.2) is 0 Å². The van der Waals surface area contributed by atoms with Crippen molar-refractivity contribution in [3.05, 3.63) is 24.3 Å². The second kappa shape index (κ2) is 44.7. The third kappa shape index (κ3) is 42.9. The van der Waals surface area contributed by atoms with Crippen LogP contribution in [-0.4, -0.2) is 61.4 Å². The van der Waals surface area contributed by atoms with Crippen molar-refractivity contribution >= 4 is 11.9 Å². The van der Waals surface area contributed by atoms with Crippen LogP contribution in [0.3, 0.4) is 0 Å². The quantitative estimate of drug-likeness (QED) is 0.0380. The summed E-state index contributed by atoms with van der Waals surface area (Å²) in [6.07, 6.45) is 48.0. The van der Waals surface area contributed by atoms with Crippen LogP contribution in [0.4, 0.5) is 0 Å². The summed E-state index contributed by atoms with van der Waals surface area (Å²) in [4.78, 5) is 26.7. The largest absolute Gasteiger partial charge is 0.466 e. The number of unbranched alkanes of at least 4 members (excludes halogenated alkanes) is 24. The molecule has 0 unspecified atom stereocenters. The molecule has 6 nitrogen and oxygen atoms in total. The summed E-state index contributed by atoms with van der Waals surface area (Å²) in [5, 5.41) is 9.31. The van der Waals surface area contributed by atoms with Crippen LogP contribution in [-0.2, 0) is 19.1 Å². The Morgan fingerprint density at radius 1 is 0.415 bits per heavy atom. The maximum atomic E-state index is 12.2. The number of aliphatic hydroxyl groups excluding tert-OH is 1. The highest BCUT2D eigenvalue weighted by atomic mass is 16.5. The van der Waals surface area contributed by atoms with Gasteiger partial charge in [0.25, 0.3) is 0 Å². The monoisotopic (exact) mass is 748 g/mol. The van der Waals surface area contributed by atoms with Gasteiger partial charge in [-0.1, -0.05) is 154 Å². The van der Waals surface area contributed by atoms with E-state index in [2.05, 4.69) is 43.1 Å². The van der Waals surface area contributed by atoms with Gasteiger partial charge in [-0.3, -0.25) is 9.59 Å². The van der Waals surface area contributed by atoms with Crippen molar-refractivity contribution in [3.8, 4) is 0 Å². The number of ether oxygens (including phenoxy) is 2. The number of esters is 2. The zero-order valence-corrected chi connectivity index (χ0v) is 35.4. The van der Waals surface area contributed by atoms with Crippen molar-refractivity contribution in [2.45, 2.75) is 226 Å². The zero-order chi connectivity index (χ0) is 38.6. The van der Waals surface area contributed by atoms with Gasteiger partial charge in [-0.05, 0) is 96.6 Å². The standard InChI is InChI=1S/C47H89NO5/c1-3-5-7-9-11-13-15-17-19-21-23-25-27-29-31-33-44-52-46(50)38-35-40-48(42-37-43-49)41-36-39-47(51)53-45-34-32-30-28-26-24-22-20-18-16-14-12-10-8-6-4-2/h17-20,49H,3-16,21-45H2,1-2H3/b19-17-,20-18-. The summed E-state index contributed by atoms with van der Waals surface area (Å²) < 4.78 is 11.0. The van der Waals surface area contributed by atoms with E-state index in [0.29, 0.717) is 32.5 Å². The molecule has 0 saturated heterocycles. The van der Waals surface area contributed by atoms with E-state index in [4.69, 9.17) is 9.47 Å². The molecule has 0 aromatic heterocycles. The van der Waals surface area contributed by atoms with Crippen LogP contribution in [0.5, 0.6) is 0 Å². The lowest BCUT2D eigenvalue weighted by atomic mass is 10.1. The molecule has 0 spiro atoms. The lowest BCUT2D eigenvalue weighted by molar-refractivity contribution is -0.144. The van der Waals surface area contributed by atoms with Gasteiger partial charge in [-0.2, -0.15) is 0 Å². The molecule has 0 fully saturated rings. The average molecular weight is 748 g/mol. The molecule has 0 bridgehead atoms. The summed E-state index contributed by atoms with van der Waals surface area (Å²) in [6, 6.07) is 0.